The van der Waals surface area contributed by atoms with Crippen molar-refractivity contribution in [1.82, 2.24) is 19.9 Å². The van der Waals surface area contributed by atoms with Crippen LogP contribution in [0.5, 0.6) is 0 Å². The number of ketones is 1. The second-order valence-corrected chi connectivity index (χ2v) is 11.9. The number of aromatic nitrogens is 4. The summed E-state index contributed by atoms with van der Waals surface area (Å²) in [6.07, 6.45) is 7.48. The van der Waals surface area contributed by atoms with Crippen molar-refractivity contribution in [3.63, 3.8) is 0 Å². The molecule has 0 spiro atoms. The molecule has 40 heavy (non-hydrogen) atoms. The number of hydrogen-bond acceptors (Lipinski definition) is 9. The number of carbonyl (C=O) groups is 2. The number of hydrogen-bond donors (Lipinski definition) is 2. The van der Waals surface area contributed by atoms with Crippen molar-refractivity contribution < 1.29 is 19.4 Å². The van der Waals surface area contributed by atoms with Crippen LogP contribution in [0.3, 0.4) is 0 Å². The number of carboxylic acid groups (broad SMARTS) is 1. The van der Waals surface area contributed by atoms with E-state index in [1.807, 2.05) is 11.8 Å². The predicted molar refractivity (Wildman–Crippen MR) is 156 cm³/mol. The van der Waals surface area contributed by atoms with E-state index in [1.165, 1.54) is 6.42 Å². The van der Waals surface area contributed by atoms with Crippen LogP contribution in [0.4, 0.5) is 10.9 Å². The summed E-state index contributed by atoms with van der Waals surface area (Å²) in [5, 5.41) is 11.1. The summed E-state index contributed by atoms with van der Waals surface area (Å²) in [5.41, 5.74) is 1.72. The highest BCUT2D eigenvalue weighted by Gasteiger charge is 2.35. The molecule has 0 saturated carbocycles. The molecule has 2 aliphatic heterocycles. The van der Waals surface area contributed by atoms with E-state index < -0.39 is 5.97 Å². The fourth-order valence-electron chi connectivity index (χ4n) is 5.37. The largest absolute Gasteiger partial charge is 0.477 e. The number of anilines is 2. The second-order valence-electron chi connectivity index (χ2n) is 10.2. The van der Waals surface area contributed by atoms with Crippen LogP contribution >= 0.6 is 34.5 Å². The molecule has 2 atom stereocenters. The van der Waals surface area contributed by atoms with Crippen molar-refractivity contribution >= 4 is 57.2 Å². The van der Waals surface area contributed by atoms with Gasteiger partial charge in [-0.2, -0.15) is 0 Å². The zero-order valence-corrected chi connectivity index (χ0v) is 24.8. The molecule has 2 aliphatic rings. The monoisotopic (exact) mass is 606 g/mol. The lowest BCUT2D eigenvalue weighted by molar-refractivity contribution is 0.0103. The first kappa shape index (κ1) is 28.8. The zero-order valence-electron chi connectivity index (χ0n) is 22.5. The summed E-state index contributed by atoms with van der Waals surface area (Å²) in [4.78, 5) is 46.4. The molecule has 13 heteroatoms. The van der Waals surface area contributed by atoms with Crippen molar-refractivity contribution in [3.8, 4) is 11.4 Å². The van der Waals surface area contributed by atoms with Gasteiger partial charge in [0.05, 0.1) is 28.5 Å². The summed E-state index contributed by atoms with van der Waals surface area (Å²) in [7, 11) is 0. The van der Waals surface area contributed by atoms with Crippen molar-refractivity contribution in [3.05, 3.63) is 38.7 Å². The van der Waals surface area contributed by atoms with Crippen molar-refractivity contribution in [2.75, 3.05) is 42.6 Å². The van der Waals surface area contributed by atoms with E-state index in [1.54, 1.807) is 19.3 Å². The van der Waals surface area contributed by atoms with E-state index in [2.05, 4.69) is 19.9 Å². The first-order chi connectivity index (χ1) is 19.3. The lowest BCUT2D eigenvalue weighted by atomic mass is 9.88. The van der Waals surface area contributed by atoms with Crippen LogP contribution in [0.2, 0.25) is 10.0 Å². The van der Waals surface area contributed by atoms with Gasteiger partial charge in [-0.1, -0.05) is 34.5 Å². The van der Waals surface area contributed by atoms with E-state index >= 15 is 0 Å². The highest BCUT2D eigenvalue weighted by Crippen LogP contribution is 2.37. The molecule has 2 saturated heterocycles. The summed E-state index contributed by atoms with van der Waals surface area (Å²) in [6.45, 7) is 7.15. The number of thiazole rings is 1. The van der Waals surface area contributed by atoms with Gasteiger partial charge in [0.25, 0.3) is 0 Å². The van der Waals surface area contributed by atoms with Crippen molar-refractivity contribution in [2.45, 2.75) is 52.1 Å². The smallest absolute Gasteiger partial charge is 0.348 e. The first-order valence-electron chi connectivity index (χ1n) is 13.5. The third kappa shape index (κ3) is 5.97. The number of Topliss-reactive ketones (excluding diaryl/α,β-unsaturated/α-hetero) is 1. The van der Waals surface area contributed by atoms with Crippen LogP contribution < -0.4 is 9.80 Å². The summed E-state index contributed by atoms with van der Waals surface area (Å²) in [6, 6.07) is 0. The average Bonchev–Trinajstić information content (AvgIpc) is 3.52. The van der Waals surface area contributed by atoms with Gasteiger partial charge in [-0.15, -0.1) is 0 Å². The Bertz CT molecular complexity index is 1370. The molecule has 0 aromatic carbocycles. The minimum absolute atomic E-state index is 0.0336. The van der Waals surface area contributed by atoms with Gasteiger partial charge in [0.1, 0.15) is 27.8 Å². The van der Waals surface area contributed by atoms with Gasteiger partial charge >= 0.3 is 5.97 Å². The highest BCUT2D eigenvalue weighted by molar-refractivity contribution is 7.17. The number of carboxylic acids is 1. The molecule has 5 rings (SSSR count). The lowest BCUT2D eigenvalue weighted by Crippen LogP contribution is -2.46. The molecule has 0 amide bonds. The Labute approximate surface area is 246 Å². The van der Waals surface area contributed by atoms with E-state index in [4.69, 9.17) is 32.9 Å². The minimum Gasteiger partial charge on any atom is -0.477 e. The molecule has 0 aliphatic carbocycles. The van der Waals surface area contributed by atoms with E-state index in [0.717, 1.165) is 43.1 Å². The van der Waals surface area contributed by atoms with Crippen LogP contribution in [-0.2, 0) is 4.74 Å². The van der Waals surface area contributed by atoms with Gasteiger partial charge in [-0.05, 0) is 45.4 Å². The Kier molecular flexibility index (Phi) is 8.94. The maximum atomic E-state index is 13.1. The number of aromatic amines is 1. The van der Waals surface area contributed by atoms with Gasteiger partial charge in [-0.3, -0.25) is 4.79 Å². The fraction of sp³-hybridized carbons (Fsp3) is 0.519. The Morgan fingerprint density at radius 1 is 1.12 bits per heavy atom. The Balaban J connectivity index is 1.32. The van der Waals surface area contributed by atoms with E-state index in [0.29, 0.717) is 59.0 Å². The van der Waals surface area contributed by atoms with Gasteiger partial charge in [0, 0.05) is 44.9 Å². The van der Waals surface area contributed by atoms with Gasteiger partial charge < -0.3 is 24.6 Å². The average molecular weight is 608 g/mol. The number of carbonyl (C=O) groups excluding carboxylic acids is 1. The third-order valence-corrected chi connectivity index (χ3v) is 9.55. The molecule has 3 aromatic heterocycles. The Hall–Kier alpha value is -2.73. The van der Waals surface area contributed by atoms with Crippen molar-refractivity contribution in [2.24, 2.45) is 5.92 Å². The van der Waals surface area contributed by atoms with E-state index in [-0.39, 0.29) is 34.1 Å². The third-order valence-electron chi connectivity index (χ3n) is 7.50. The number of nitrogens with zero attached hydrogens (tertiary/aromatic N) is 5. The minimum atomic E-state index is -1.06. The molecule has 0 unspecified atom stereocenters. The first-order valence-corrected chi connectivity index (χ1v) is 15.1. The molecule has 10 nitrogen and oxygen atoms in total. The van der Waals surface area contributed by atoms with E-state index in [9.17, 15) is 14.7 Å². The van der Waals surface area contributed by atoms with Crippen LogP contribution in [0.25, 0.3) is 11.4 Å². The summed E-state index contributed by atoms with van der Waals surface area (Å²) < 4.78 is 6.05. The number of rotatable bonds is 9. The fourth-order valence-corrected chi connectivity index (χ4v) is 6.76. The molecular formula is C27H32Cl2N6O4S. The number of ether oxygens (including phenoxy) is 1. The molecule has 0 radical (unpaired) electrons. The molecule has 2 N–H and O–H groups in total. The maximum Gasteiger partial charge on any atom is 0.348 e. The Morgan fingerprint density at radius 2 is 1.90 bits per heavy atom. The maximum absolute atomic E-state index is 13.1. The standard InChI is InChI=1S/C27H32Cl2N6O4S/c1-3-39-19-14-35(10-7-16(19)11-18(36)24-22(29)21(28)15(2)32-24)27-33-23(25(40-27)26(37)38)17-12-31-20(13-30-17)34-8-5-4-6-9-34/h12-13,16,19,32H,3-11,14H2,1-2H3,(H,37,38)/t16-,19-/m0/s1. The highest BCUT2D eigenvalue weighted by atomic mass is 35.5. The normalized spacial score (nSPS) is 19.7. The molecule has 3 aromatic rings. The topological polar surface area (TPSA) is 125 Å². The van der Waals surface area contributed by atoms with Crippen LogP contribution in [-0.4, -0.2) is 75.7 Å². The number of nitrogens with one attached hydrogen (secondary N) is 1. The number of H-pyrrole nitrogens is 1. The van der Waals surface area contributed by atoms with Crippen LogP contribution in [0, 0.1) is 12.8 Å². The Morgan fingerprint density at radius 3 is 2.52 bits per heavy atom. The van der Waals surface area contributed by atoms with Gasteiger partial charge in [0.2, 0.25) is 0 Å². The van der Waals surface area contributed by atoms with Gasteiger partial charge in [0.15, 0.2) is 10.9 Å². The molecule has 0 bridgehead atoms. The molecule has 2 fully saturated rings. The molecular weight excluding hydrogens is 575 g/mol. The molecule has 5 heterocycles. The quantitative estimate of drug-likeness (QED) is 0.293. The lowest BCUT2D eigenvalue weighted by Gasteiger charge is -2.38. The van der Waals surface area contributed by atoms with Crippen LogP contribution in [0.1, 0.15) is 64.9 Å². The SMILES string of the molecule is CCO[C@H]1CN(c2nc(-c3cnc(N4CCCCC4)cn3)c(C(=O)O)s2)CC[C@H]1CC(=O)c1[nH]c(C)c(Cl)c1Cl. The number of halogens is 2. The van der Waals surface area contributed by atoms with Crippen LogP contribution in [0.15, 0.2) is 12.4 Å². The summed E-state index contributed by atoms with van der Waals surface area (Å²) in [5.74, 6) is -0.405. The molecule has 214 valence electrons. The van der Waals surface area contributed by atoms with Gasteiger partial charge in [-0.25, -0.2) is 19.7 Å². The van der Waals surface area contributed by atoms with Crippen molar-refractivity contribution in [1.29, 1.82) is 0 Å². The second kappa shape index (κ2) is 12.4. The predicted octanol–water partition coefficient (Wildman–Crippen LogP) is 5.74. The number of aryl methyl sites for hydroxylation is 1. The summed E-state index contributed by atoms with van der Waals surface area (Å²) >= 11 is 13.6. The zero-order chi connectivity index (χ0) is 28.4. The number of aromatic carboxylic acids is 1. The number of piperidine rings is 2.